The van der Waals surface area contributed by atoms with E-state index in [1.54, 1.807) is 6.92 Å². The molecule has 1 aromatic carbocycles. The number of alkyl halides is 3. The Labute approximate surface area is 229 Å². The molecule has 6 nitrogen and oxygen atoms in total. The number of carbonyl (C=O) groups is 2. The van der Waals surface area contributed by atoms with Crippen LogP contribution in [0.15, 0.2) is 41.2 Å². The largest absolute Gasteiger partial charge is 0.513 e. The fourth-order valence-electron chi connectivity index (χ4n) is 4.89. The van der Waals surface area contributed by atoms with Gasteiger partial charge in [0.1, 0.15) is 10.8 Å². The summed E-state index contributed by atoms with van der Waals surface area (Å²) in [5.74, 6) is -0.443. The average molecular weight is 566 g/mol. The van der Waals surface area contributed by atoms with Crippen molar-refractivity contribution in [3.05, 3.63) is 64.0 Å². The Kier molecular flexibility index (Phi) is 10.1. The first-order valence-electron chi connectivity index (χ1n) is 13.0. The lowest BCUT2D eigenvalue weighted by Gasteiger charge is -2.31. The summed E-state index contributed by atoms with van der Waals surface area (Å²) in [5.41, 5.74) is 3.31. The molecule has 39 heavy (non-hydrogen) atoms. The molecule has 212 valence electrons. The minimum Gasteiger partial charge on any atom is -0.434 e. The number of halogens is 3. The zero-order chi connectivity index (χ0) is 28.9. The standard InChI is InChI=1S/C29H34F3NO5S/c1-6-19-11-17(4)12-20(7-2)26(19)27-23(34)13-21(14-24(27)38-28(35)37-8-3)18(5)16-39(36)25-10-9-22(15-33-25)29(30,31)32/h9-12,15,18,21H,6-8,13-14,16H2,1-5H3. The van der Waals surface area contributed by atoms with Crippen molar-refractivity contribution in [2.45, 2.75) is 71.5 Å². The Bertz CT molecular complexity index is 1250. The van der Waals surface area contributed by atoms with Crippen molar-refractivity contribution in [1.29, 1.82) is 0 Å². The summed E-state index contributed by atoms with van der Waals surface area (Å²) in [4.78, 5) is 29.8. The van der Waals surface area contributed by atoms with Crippen molar-refractivity contribution in [1.82, 2.24) is 4.98 Å². The Hall–Kier alpha value is -3.01. The summed E-state index contributed by atoms with van der Waals surface area (Å²) in [6.07, 6.45) is -2.98. The first-order chi connectivity index (χ1) is 18.4. The first-order valence-corrected chi connectivity index (χ1v) is 14.4. The van der Waals surface area contributed by atoms with Gasteiger partial charge < -0.3 is 9.47 Å². The van der Waals surface area contributed by atoms with Crippen molar-refractivity contribution >= 4 is 28.3 Å². The highest BCUT2D eigenvalue weighted by molar-refractivity contribution is 7.84. The SMILES string of the molecule is CCOC(=O)OC1=C(c2c(CC)cc(C)cc2CC)C(=O)CC(C(C)CS(=O)c2ccc(C(F)(F)F)cn2)C1. The van der Waals surface area contributed by atoms with E-state index in [2.05, 4.69) is 4.98 Å². The normalized spacial score (nSPS) is 17.6. The van der Waals surface area contributed by atoms with Gasteiger partial charge in [-0.25, -0.2) is 9.78 Å². The lowest BCUT2D eigenvalue weighted by molar-refractivity contribution is -0.137. The lowest BCUT2D eigenvalue weighted by Crippen LogP contribution is -2.29. The molecule has 2 aromatic rings. The Morgan fingerprint density at radius 2 is 1.77 bits per heavy atom. The molecule has 1 aromatic heterocycles. The van der Waals surface area contributed by atoms with Gasteiger partial charge >= 0.3 is 12.3 Å². The maximum Gasteiger partial charge on any atom is 0.513 e. The lowest BCUT2D eigenvalue weighted by atomic mass is 9.76. The maximum absolute atomic E-state index is 13.7. The molecular weight excluding hydrogens is 531 g/mol. The zero-order valence-electron chi connectivity index (χ0n) is 22.8. The molecular formula is C29H34F3NO5S. The molecule has 1 heterocycles. The van der Waals surface area contributed by atoms with E-state index in [-0.39, 0.29) is 53.6 Å². The summed E-state index contributed by atoms with van der Waals surface area (Å²) < 4.78 is 62.1. The number of ketones is 1. The summed E-state index contributed by atoms with van der Waals surface area (Å²) in [6.45, 7) is 9.60. The second-order valence-electron chi connectivity index (χ2n) is 9.71. The third-order valence-corrected chi connectivity index (χ3v) is 8.43. The van der Waals surface area contributed by atoms with Gasteiger partial charge in [-0.1, -0.05) is 38.5 Å². The van der Waals surface area contributed by atoms with Gasteiger partial charge in [0.25, 0.3) is 0 Å². The van der Waals surface area contributed by atoms with Crippen molar-refractivity contribution in [2.24, 2.45) is 11.8 Å². The summed E-state index contributed by atoms with van der Waals surface area (Å²) >= 11 is 0. The predicted molar refractivity (Wildman–Crippen MR) is 142 cm³/mol. The molecule has 1 aliphatic rings. The number of ether oxygens (including phenoxy) is 2. The van der Waals surface area contributed by atoms with Gasteiger partial charge in [0.05, 0.1) is 28.5 Å². The van der Waals surface area contributed by atoms with Crippen LogP contribution in [0.25, 0.3) is 5.57 Å². The Morgan fingerprint density at radius 1 is 1.13 bits per heavy atom. The number of pyridine rings is 1. The molecule has 0 amide bonds. The topological polar surface area (TPSA) is 82.6 Å². The highest BCUT2D eigenvalue weighted by Gasteiger charge is 2.36. The van der Waals surface area contributed by atoms with E-state index in [0.717, 1.165) is 34.4 Å². The quantitative estimate of drug-likeness (QED) is 0.310. The van der Waals surface area contributed by atoms with Gasteiger partial charge in [0.2, 0.25) is 0 Å². The molecule has 0 radical (unpaired) electrons. The fraction of sp³-hybridized carbons (Fsp3) is 0.483. The second kappa shape index (κ2) is 12.9. The van der Waals surface area contributed by atoms with Crippen molar-refractivity contribution in [3.63, 3.8) is 0 Å². The Balaban J connectivity index is 1.93. The fourth-order valence-corrected chi connectivity index (χ4v) is 6.20. The van der Waals surface area contributed by atoms with E-state index in [1.807, 2.05) is 39.8 Å². The van der Waals surface area contributed by atoms with Crippen LogP contribution in [0.3, 0.4) is 0 Å². The number of Topliss-reactive ketones (excluding diaryl/α,β-unsaturated/α-hetero) is 1. The van der Waals surface area contributed by atoms with Crippen LogP contribution in [0.1, 0.15) is 68.4 Å². The van der Waals surface area contributed by atoms with E-state index < -0.39 is 28.7 Å². The Morgan fingerprint density at radius 3 is 2.28 bits per heavy atom. The molecule has 0 fully saturated rings. The van der Waals surface area contributed by atoms with Crippen LogP contribution >= 0.6 is 0 Å². The first kappa shape index (κ1) is 30.5. The van der Waals surface area contributed by atoms with E-state index in [4.69, 9.17) is 9.47 Å². The van der Waals surface area contributed by atoms with Crippen LogP contribution in [0.4, 0.5) is 18.0 Å². The highest BCUT2D eigenvalue weighted by atomic mass is 32.2. The zero-order valence-corrected chi connectivity index (χ0v) is 23.6. The molecule has 0 saturated heterocycles. The van der Waals surface area contributed by atoms with E-state index in [0.29, 0.717) is 24.6 Å². The highest BCUT2D eigenvalue weighted by Crippen LogP contribution is 2.40. The van der Waals surface area contributed by atoms with Crippen molar-refractivity contribution < 1.29 is 36.4 Å². The van der Waals surface area contributed by atoms with Crippen molar-refractivity contribution in [2.75, 3.05) is 12.4 Å². The van der Waals surface area contributed by atoms with Crippen LogP contribution in [-0.4, -0.2) is 33.5 Å². The van der Waals surface area contributed by atoms with Gasteiger partial charge in [-0.05, 0) is 67.3 Å². The van der Waals surface area contributed by atoms with Gasteiger partial charge in [0.15, 0.2) is 5.78 Å². The molecule has 1 aliphatic carbocycles. The smallest absolute Gasteiger partial charge is 0.434 e. The third-order valence-electron chi connectivity index (χ3n) is 6.90. The number of rotatable bonds is 9. The van der Waals surface area contributed by atoms with Gasteiger partial charge in [0, 0.05) is 24.8 Å². The van der Waals surface area contributed by atoms with Gasteiger partial charge in [-0.3, -0.25) is 9.00 Å². The molecule has 0 spiro atoms. The molecule has 3 atom stereocenters. The van der Waals surface area contributed by atoms with Gasteiger partial charge in [-0.2, -0.15) is 13.2 Å². The van der Waals surface area contributed by atoms with Crippen LogP contribution in [0.2, 0.25) is 0 Å². The molecule has 0 bridgehead atoms. The predicted octanol–water partition coefficient (Wildman–Crippen LogP) is 6.84. The minimum absolute atomic E-state index is 0.0380. The van der Waals surface area contributed by atoms with Crippen LogP contribution in [0, 0.1) is 18.8 Å². The maximum atomic E-state index is 13.7. The summed E-state index contributed by atoms with van der Waals surface area (Å²) in [6, 6.07) is 6.03. The van der Waals surface area contributed by atoms with E-state index >= 15 is 0 Å². The minimum atomic E-state index is -4.53. The number of nitrogens with zero attached hydrogens (tertiary/aromatic N) is 1. The molecule has 3 unspecified atom stereocenters. The van der Waals surface area contributed by atoms with Crippen molar-refractivity contribution in [3.8, 4) is 0 Å². The number of aromatic nitrogens is 1. The van der Waals surface area contributed by atoms with Crippen LogP contribution in [0.5, 0.6) is 0 Å². The summed E-state index contributed by atoms with van der Waals surface area (Å²) in [7, 11) is -1.68. The monoisotopic (exact) mass is 565 g/mol. The third kappa shape index (κ3) is 7.35. The molecule has 3 rings (SSSR count). The summed E-state index contributed by atoms with van der Waals surface area (Å²) in [5, 5.41) is 0.0380. The number of benzene rings is 1. The second-order valence-corrected chi connectivity index (χ2v) is 11.2. The average Bonchev–Trinajstić information content (AvgIpc) is 2.88. The molecule has 0 N–H and O–H groups in total. The number of aryl methyl sites for hydroxylation is 3. The van der Waals surface area contributed by atoms with Gasteiger partial charge in [-0.15, -0.1) is 0 Å². The molecule has 0 saturated carbocycles. The van der Waals surface area contributed by atoms with Crippen LogP contribution in [-0.2, 0) is 44.1 Å². The molecule has 10 heteroatoms. The van der Waals surface area contributed by atoms with Crippen LogP contribution < -0.4 is 0 Å². The van der Waals surface area contributed by atoms with E-state index in [9.17, 15) is 27.0 Å². The molecule has 0 aliphatic heterocycles. The number of allylic oxidation sites excluding steroid dienone is 2. The van der Waals surface area contributed by atoms with E-state index in [1.165, 1.54) is 0 Å². The number of carbonyl (C=O) groups excluding carboxylic acids is 2. The number of hydrogen-bond donors (Lipinski definition) is 0. The number of hydrogen-bond acceptors (Lipinski definition) is 6.